The Bertz CT molecular complexity index is 370. The molecule has 0 radical (unpaired) electrons. The van der Waals surface area contributed by atoms with Gasteiger partial charge in [0.15, 0.2) is 0 Å². The van der Waals surface area contributed by atoms with Crippen LogP contribution in [0.1, 0.15) is 40.3 Å². The lowest BCUT2D eigenvalue weighted by Gasteiger charge is -2.37. The van der Waals surface area contributed by atoms with E-state index in [1.54, 1.807) is 4.68 Å². The molecule has 1 aromatic rings. The molecule has 2 atom stereocenters. The number of likely N-dealkylation sites (N-methyl/N-ethyl adjacent to an activating group) is 1. The highest BCUT2D eigenvalue weighted by Gasteiger charge is 2.33. The summed E-state index contributed by atoms with van der Waals surface area (Å²) in [5, 5.41) is 11.7. The molecular formula is C14H28N4O. The van der Waals surface area contributed by atoms with Crippen molar-refractivity contribution in [3.8, 4) is 0 Å². The first-order chi connectivity index (χ1) is 8.88. The van der Waals surface area contributed by atoms with Gasteiger partial charge in [0.2, 0.25) is 0 Å². The van der Waals surface area contributed by atoms with Gasteiger partial charge in [-0.15, -0.1) is 5.10 Å². The third kappa shape index (κ3) is 4.91. The number of nitrogens with zero attached hydrogens (tertiary/aromatic N) is 3. The third-order valence-electron chi connectivity index (χ3n) is 3.11. The molecule has 0 bridgehead atoms. The highest BCUT2D eigenvalue weighted by molar-refractivity contribution is 4.99. The van der Waals surface area contributed by atoms with Crippen molar-refractivity contribution in [3.05, 3.63) is 11.9 Å². The normalized spacial score (nSPS) is 15.5. The van der Waals surface area contributed by atoms with E-state index < -0.39 is 0 Å². The van der Waals surface area contributed by atoms with Crippen molar-refractivity contribution < 1.29 is 4.74 Å². The molecule has 0 fully saturated rings. The lowest BCUT2D eigenvalue weighted by atomic mass is 9.83. The number of rotatable bonds is 7. The molecule has 5 nitrogen and oxygen atoms in total. The molecule has 19 heavy (non-hydrogen) atoms. The number of aryl methyl sites for hydroxylation is 1. The summed E-state index contributed by atoms with van der Waals surface area (Å²) in [4.78, 5) is 0. The van der Waals surface area contributed by atoms with Crippen molar-refractivity contribution in [2.45, 2.75) is 53.2 Å². The SMILES string of the molecule is CCNC(Cc1cn(C)nn1)C(OCC)C(C)(C)C. The van der Waals surface area contributed by atoms with E-state index in [4.69, 9.17) is 4.74 Å². The second kappa shape index (κ2) is 7.01. The number of ether oxygens (including phenoxy) is 1. The fourth-order valence-electron chi connectivity index (χ4n) is 2.41. The Kier molecular flexibility index (Phi) is 5.94. The van der Waals surface area contributed by atoms with Gasteiger partial charge >= 0.3 is 0 Å². The number of nitrogens with one attached hydrogen (secondary N) is 1. The second-order valence-electron chi connectivity index (χ2n) is 5.99. The van der Waals surface area contributed by atoms with Crippen LogP contribution in [0.2, 0.25) is 0 Å². The second-order valence-corrected chi connectivity index (χ2v) is 5.99. The fraction of sp³-hybridized carbons (Fsp3) is 0.857. The topological polar surface area (TPSA) is 52.0 Å². The summed E-state index contributed by atoms with van der Waals surface area (Å²) in [6.45, 7) is 12.5. The smallest absolute Gasteiger partial charge is 0.0843 e. The van der Waals surface area contributed by atoms with Crippen LogP contribution in [-0.4, -0.2) is 40.3 Å². The molecule has 0 spiro atoms. The van der Waals surface area contributed by atoms with Crippen molar-refractivity contribution in [1.29, 1.82) is 0 Å². The van der Waals surface area contributed by atoms with Crippen LogP contribution in [0.25, 0.3) is 0 Å². The molecule has 1 N–H and O–H groups in total. The van der Waals surface area contributed by atoms with Gasteiger partial charge in [-0.2, -0.15) is 0 Å². The van der Waals surface area contributed by atoms with Gasteiger partial charge in [0.1, 0.15) is 0 Å². The maximum atomic E-state index is 5.98. The third-order valence-corrected chi connectivity index (χ3v) is 3.11. The van der Waals surface area contributed by atoms with Crippen LogP contribution >= 0.6 is 0 Å². The van der Waals surface area contributed by atoms with Crippen LogP contribution in [-0.2, 0) is 18.2 Å². The largest absolute Gasteiger partial charge is 0.376 e. The Hall–Kier alpha value is -0.940. The first kappa shape index (κ1) is 16.1. The van der Waals surface area contributed by atoms with E-state index in [0.29, 0.717) is 0 Å². The van der Waals surface area contributed by atoms with E-state index in [0.717, 1.165) is 25.3 Å². The first-order valence-electron chi connectivity index (χ1n) is 7.08. The monoisotopic (exact) mass is 268 g/mol. The lowest BCUT2D eigenvalue weighted by molar-refractivity contribution is -0.0354. The zero-order valence-corrected chi connectivity index (χ0v) is 13.1. The van der Waals surface area contributed by atoms with Crippen LogP contribution in [0.15, 0.2) is 6.20 Å². The zero-order valence-electron chi connectivity index (χ0n) is 13.1. The van der Waals surface area contributed by atoms with Gasteiger partial charge < -0.3 is 10.1 Å². The van der Waals surface area contributed by atoms with Crippen LogP contribution in [0.4, 0.5) is 0 Å². The van der Waals surface area contributed by atoms with Crippen molar-refractivity contribution in [3.63, 3.8) is 0 Å². The van der Waals surface area contributed by atoms with Crippen molar-refractivity contribution in [2.75, 3.05) is 13.2 Å². The van der Waals surface area contributed by atoms with E-state index in [-0.39, 0.29) is 17.6 Å². The Balaban J connectivity index is 2.83. The molecule has 110 valence electrons. The fourth-order valence-corrected chi connectivity index (χ4v) is 2.41. The van der Waals surface area contributed by atoms with Gasteiger partial charge in [-0.05, 0) is 18.9 Å². The molecular weight excluding hydrogens is 240 g/mol. The van der Waals surface area contributed by atoms with E-state index in [2.05, 4.69) is 43.3 Å². The molecule has 0 saturated carbocycles. The van der Waals surface area contributed by atoms with Crippen LogP contribution in [0.5, 0.6) is 0 Å². The number of hydrogen-bond acceptors (Lipinski definition) is 4. The summed E-state index contributed by atoms with van der Waals surface area (Å²) < 4.78 is 7.72. The predicted molar refractivity (Wildman–Crippen MR) is 77.0 cm³/mol. The predicted octanol–water partition coefficient (Wildman–Crippen LogP) is 1.79. The van der Waals surface area contributed by atoms with Gasteiger partial charge in [-0.3, -0.25) is 4.68 Å². The summed E-state index contributed by atoms with van der Waals surface area (Å²) in [7, 11) is 1.89. The molecule has 1 rings (SSSR count). The molecule has 1 heterocycles. The summed E-state index contributed by atoms with van der Waals surface area (Å²) in [6.07, 6.45) is 2.96. The summed E-state index contributed by atoms with van der Waals surface area (Å²) >= 11 is 0. The average molecular weight is 268 g/mol. The minimum absolute atomic E-state index is 0.0883. The minimum Gasteiger partial charge on any atom is -0.376 e. The first-order valence-corrected chi connectivity index (χ1v) is 7.08. The molecule has 0 amide bonds. The average Bonchev–Trinajstić information content (AvgIpc) is 2.70. The molecule has 5 heteroatoms. The molecule has 0 aromatic carbocycles. The molecule has 0 aliphatic carbocycles. The van der Waals surface area contributed by atoms with Gasteiger partial charge in [-0.25, -0.2) is 0 Å². The number of aromatic nitrogens is 3. The summed E-state index contributed by atoms with van der Waals surface area (Å²) in [6, 6.07) is 0.252. The Morgan fingerprint density at radius 3 is 2.47 bits per heavy atom. The van der Waals surface area contributed by atoms with E-state index >= 15 is 0 Å². The van der Waals surface area contributed by atoms with Crippen molar-refractivity contribution >= 4 is 0 Å². The zero-order chi connectivity index (χ0) is 14.5. The van der Waals surface area contributed by atoms with Crippen molar-refractivity contribution in [2.24, 2.45) is 12.5 Å². The lowest BCUT2D eigenvalue weighted by Crippen LogP contribution is -2.49. The summed E-state index contributed by atoms with van der Waals surface area (Å²) in [5.41, 5.74) is 1.09. The van der Waals surface area contributed by atoms with Crippen molar-refractivity contribution in [1.82, 2.24) is 20.3 Å². The van der Waals surface area contributed by atoms with E-state index in [1.165, 1.54) is 0 Å². The van der Waals surface area contributed by atoms with Crippen LogP contribution < -0.4 is 5.32 Å². The van der Waals surface area contributed by atoms with E-state index in [1.807, 2.05) is 20.2 Å². The van der Waals surface area contributed by atoms with Gasteiger partial charge in [0, 0.05) is 32.3 Å². The van der Waals surface area contributed by atoms with Crippen LogP contribution in [0.3, 0.4) is 0 Å². The van der Waals surface area contributed by atoms with Gasteiger partial charge in [0.05, 0.1) is 11.8 Å². The molecule has 0 saturated heterocycles. The standard InChI is InChI=1S/C14H28N4O/c1-7-15-12(9-11-10-18(6)17-16-11)13(19-8-2)14(3,4)5/h10,12-13,15H,7-9H2,1-6H3. The summed E-state index contributed by atoms with van der Waals surface area (Å²) in [5.74, 6) is 0. The molecule has 2 unspecified atom stereocenters. The van der Waals surface area contributed by atoms with E-state index in [9.17, 15) is 0 Å². The molecule has 0 aliphatic rings. The minimum atomic E-state index is 0.0883. The Morgan fingerprint density at radius 1 is 1.37 bits per heavy atom. The van der Waals surface area contributed by atoms with Gasteiger partial charge in [-0.1, -0.05) is 32.9 Å². The maximum absolute atomic E-state index is 5.98. The van der Waals surface area contributed by atoms with Gasteiger partial charge in [0.25, 0.3) is 0 Å². The number of hydrogen-bond donors (Lipinski definition) is 1. The highest BCUT2D eigenvalue weighted by atomic mass is 16.5. The van der Waals surface area contributed by atoms with Crippen LogP contribution in [0, 0.1) is 5.41 Å². The molecule has 0 aliphatic heterocycles. The quantitative estimate of drug-likeness (QED) is 0.819. The Morgan fingerprint density at radius 2 is 2.05 bits per heavy atom. The maximum Gasteiger partial charge on any atom is 0.0843 e. The Labute approximate surface area is 116 Å². The molecule has 1 aromatic heterocycles. The highest BCUT2D eigenvalue weighted by Crippen LogP contribution is 2.26.